The zero-order valence-corrected chi connectivity index (χ0v) is 47.8. The van der Waals surface area contributed by atoms with E-state index in [0.29, 0.717) is 50.3 Å². The van der Waals surface area contributed by atoms with Gasteiger partial charge in [-0.25, -0.2) is 23.2 Å². The fraction of sp³-hybridized carbons (Fsp3) is 0.500. The van der Waals surface area contributed by atoms with Crippen molar-refractivity contribution in [3.8, 4) is 11.3 Å². The van der Waals surface area contributed by atoms with Crippen molar-refractivity contribution in [1.82, 2.24) is 30.2 Å². The summed E-state index contributed by atoms with van der Waals surface area (Å²) in [6.07, 6.45) is 10.8. The second-order valence-electron chi connectivity index (χ2n) is 23.1. The maximum atomic E-state index is 14.9. The maximum Gasteiger partial charge on any atom is 0.328 e. The average Bonchev–Trinajstić information content (AvgIpc) is 4.07. The fourth-order valence-electron chi connectivity index (χ4n) is 11.9. The van der Waals surface area contributed by atoms with E-state index in [9.17, 15) is 32.7 Å². The molecule has 0 radical (unpaired) electrons. The number of aliphatic hydroxyl groups is 1. The molecule has 6 unspecified atom stereocenters. The third-order valence-electron chi connectivity index (χ3n) is 16.2. The van der Waals surface area contributed by atoms with Crippen molar-refractivity contribution in [2.75, 3.05) is 57.7 Å². The molecule has 18 nitrogen and oxygen atoms in total. The summed E-state index contributed by atoms with van der Waals surface area (Å²) in [6, 6.07) is 10.9. The molecule has 6 heterocycles. The van der Waals surface area contributed by atoms with Crippen LogP contribution in [0.1, 0.15) is 112 Å². The predicted octanol–water partition coefficient (Wildman–Crippen LogP) is 6.52. The number of aryl methyl sites for hydroxylation is 2. The van der Waals surface area contributed by atoms with Gasteiger partial charge in [-0.15, -0.1) is 0 Å². The number of nitrogen functional groups attached to an aromatic ring is 1. The number of cyclic esters (lactones) is 1. The van der Waals surface area contributed by atoms with E-state index in [1.807, 2.05) is 62.7 Å². The van der Waals surface area contributed by atoms with E-state index >= 15 is 0 Å². The Bertz CT molecular complexity index is 3290. The number of nitrogens with zero attached hydrogens (tertiary/aromatic N) is 5. The van der Waals surface area contributed by atoms with Gasteiger partial charge in [-0.3, -0.25) is 24.4 Å². The summed E-state index contributed by atoms with van der Waals surface area (Å²) in [5.74, 6) is -2.82. The molecule has 0 spiro atoms. The van der Waals surface area contributed by atoms with Gasteiger partial charge in [0.2, 0.25) is 5.91 Å². The van der Waals surface area contributed by atoms with Gasteiger partial charge in [0, 0.05) is 91.3 Å². The van der Waals surface area contributed by atoms with E-state index in [-0.39, 0.29) is 66.9 Å². The second kappa shape index (κ2) is 23.2. The monoisotopic (exact) mass is 1100 g/mol. The summed E-state index contributed by atoms with van der Waals surface area (Å²) in [4.78, 5) is 64.9. The van der Waals surface area contributed by atoms with Gasteiger partial charge in [0.1, 0.15) is 35.7 Å². The van der Waals surface area contributed by atoms with Gasteiger partial charge >= 0.3 is 5.97 Å². The standard InChI is InChI=1S/C60H76N8O10S/c1-10-67-51-16-14-40-30-45(51)47(54(67)46-27-39(32-62-52(46)37(5)76-9)33-66-19-22-79(74,75)23-20-66)31-60(6,7)34-78-59(73)49-12-11-18-68(64-49)57(71)50(28-38-25-42(40)29-43(69)26-38)63-56(70)53(35(2)3)65(8)58(72)55-44(17-21-77-55)41-13-15-48(61)36(4)24-41/h11-16,19,24-27,30,32,35,37,42,44,49-50,53,55,64H,10,17-18,20-23,28-29,31,33-34,61H2,1-9H3,(H-,63,69,70)/p+1/t37?,42?,44?,49?,50-,53?,55?/m0/s1. The van der Waals surface area contributed by atoms with E-state index in [1.54, 1.807) is 38.6 Å². The van der Waals surface area contributed by atoms with Gasteiger partial charge in [-0.05, 0) is 97.7 Å². The molecule has 7 atom stereocenters. The number of ether oxygens (including phenoxy) is 3. The molecule has 4 aromatic rings. The van der Waals surface area contributed by atoms with Crippen molar-refractivity contribution < 1.29 is 51.5 Å². The van der Waals surface area contributed by atoms with Crippen LogP contribution in [0.5, 0.6) is 0 Å². The number of likely N-dealkylation sites (N-methyl/N-ethyl adjacent to an activating group) is 1. The molecule has 9 rings (SSSR count). The number of sulfone groups is 1. The number of aliphatic hydroxyl groups excluding tert-OH is 1. The molecule has 0 saturated carbocycles. The smallest absolute Gasteiger partial charge is 0.328 e. The number of anilines is 1. The van der Waals surface area contributed by atoms with Crippen molar-refractivity contribution in [2.45, 2.75) is 129 Å². The SMILES string of the molecule is CCn1c(-c2cc(C[N+]3=CCS(=O)(=O)CC3)cnc2C(C)OC)c2c3cc(ccc31)C1C=C(C=C(O)C1)C[C@H](NC(=O)C(C(C)C)N(C)C(=O)C1OCCC1c1ccc(N)c(C)c1)C(=O)N1CC=CC(N1)C(=O)OCC(C)(C)C2. The number of hydrazine groups is 1. The van der Waals surface area contributed by atoms with Gasteiger partial charge in [-0.1, -0.05) is 64.1 Å². The van der Waals surface area contributed by atoms with Gasteiger partial charge in [0.15, 0.2) is 29.1 Å². The first-order chi connectivity index (χ1) is 37.5. The number of pyridine rings is 1. The molecular weight excluding hydrogens is 1020 g/mol. The first-order valence-electron chi connectivity index (χ1n) is 27.6. The summed E-state index contributed by atoms with van der Waals surface area (Å²) >= 11 is 0. The van der Waals surface area contributed by atoms with Crippen LogP contribution in [0, 0.1) is 18.3 Å². The van der Waals surface area contributed by atoms with Crippen molar-refractivity contribution in [3.63, 3.8) is 0 Å². The van der Waals surface area contributed by atoms with E-state index in [1.165, 1.54) is 9.91 Å². The number of benzene rings is 2. The number of carbonyl (C=O) groups is 4. The Balaban J connectivity index is 1.10. The predicted molar refractivity (Wildman–Crippen MR) is 303 cm³/mol. The molecule has 3 amide bonds. The van der Waals surface area contributed by atoms with Crippen molar-refractivity contribution in [1.29, 1.82) is 0 Å². The number of hydrogen-bond acceptors (Lipinski definition) is 13. The fourth-order valence-corrected chi connectivity index (χ4v) is 13.1. The number of nitrogens with one attached hydrogen (secondary N) is 2. The van der Waals surface area contributed by atoms with Crippen molar-refractivity contribution >= 4 is 56.3 Å². The summed E-state index contributed by atoms with van der Waals surface area (Å²) in [5.41, 5.74) is 18.0. The number of carbonyl (C=O) groups excluding carboxylic acids is 4. The molecule has 1 aliphatic carbocycles. The Hall–Kier alpha value is -6.67. The minimum absolute atomic E-state index is 0.0154. The normalized spacial score (nSPS) is 24.0. The van der Waals surface area contributed by atoms with E-state index in [0.717, 1.165) is 55.7 Å². The van der Waals surface area contributed by atoms with E-state index in [4.69, 9.17) is 24.9 Å². The highest BCUT2D eigenvalue weighted by Crippen LogP contribution is 2.43. The maximum absolute atomic E-state index is 14.9. The summed E-state index contributed by atoms with van der Waals surface area (Å²) in [7, 11) is 0.111. The van der Waals surface area contributed by atoms with Gasteiger partial charge in [0.25, 0.3) is 11.8 Å². The van der Waals surface area contributed by atoms with Gasteiger partial charge in [0.05, 0.1) is 36.4 Å². The molecule has 4 aliphatic heterocycles. The zero-order chi connectivity index (χ0) is 56.7. The van der Waals surface area contributed by atoms with Crippen LogP contribution >= 0.6 is 0 Å². The Morgan fingerprint density at radius 3 is 2.58 bits per heavy atom. The number of rotatable bonds is 12. The molecule has 2 aromatic carbocycles. The summed E-state index contributed by atoms with van der Waals surface area (Å²) in [6.45, 7) is 15.7. The Kier molecular flexibility index (Phi) is 16.7. The van der Waals surface area contributed by atoms with Crippen LogP contribution in [0.3, 0.4) is 0 Å². The summed E-state index contributed by atoms with van der Waals surface area (Å²) in [5, 5.41) is 16.9. The third-order valence-corrected chi connectivity index (χ3v) is 17.7. The third kappa shape index (κ3) is 12.2. The number of fused-ring (bicyclic) bond motifs is 5. The van der Waals surface area contributed by atoms with Gasteiger partial charge in [-0.2, -0.15) is 0 Å². The van der Waals surface area contributed by atoms with Crippen molar-refractivity contribution in [2.24, 2.45) is 11.3 Å². The van der Waals surface area contributed by atoms with E-state index < -0.39 is 63.4 Å². The average molecular weight is 1100 g/mol. The minimum Gasteiger partial charge on any atom is -0.512 e. The van der Waals surface area contributed by atoms with Crippen LogP contribution in [-0.4, -0.2) is 144 Å². The minimum atomic E-state index is -3.13. The number of allylic oxidation sites excluding steroid dienone is 3. The highest BCUT2D eigenvalue weighted by atomic mass is 32.2. The Labute approximate surface area is 463 Å². The molecule has 1 fully saturated rings. The molecular formula is C60H77N8O10S+. The van der Waals surface area contributed by atoms with E-state index in [2.05, 4.69) is 60.3 Å². The molecule has 5 aliphatic rings. The highest BCUT2D eigenvalue weighted by molar-refractivity contribution is 7.92. The molecule has 79 heavy (non-hydrogen) atoms. The van der Waals surface area contributed by atoms with Crippen LogP contribution in [0.15, 0.2) is 84.3 Å². The second-order valence-corrected chi connectivity index (χ2v) is 25.3. The lowest BCUT2D eigenvalue weighted by molar-refractivity contribution is -0.536. The first kappa shape index (κ1) is 57.0. The zero-order valence-electron chi connectivity index (χ0n) is 47.0. The molecule has 1 saturated heterocycles. The van der Waals surface area contributed by atoms with Crippen LogP contribution in [0.4, 0.5) is 5.69 Å². The number of amides is 3. The molecule has 2 aromatic heterocycles. The molecule has 422 valence electrons. The highest BCUT2D eigenvalue weighted by Gasteiger charge is 2.43. The molecule has 5 N–H and O–H groups in total. The number of nitrogens with two attached hydrogens (primary N) is 1. The number of aromatic nitrogens is 2. The molecule has 19 heteroatoms. The summed E-state index contributed by atoms with van der Waals surface area (Å²) < 4.78 is 47.2. The van der Waals surface area contributed by atoms with Crippen LogP contribution in [0.2, 0.25) is 0 Å². The molecule has 6 bridgehead atoms. The van der Waals surface area contributed by atoms with Crippen LogP contribution in [0.25, 0.3) is 22.2 Å². The van der Waals surface area contributed by atoms with Crippen LogP contribution in [-0.2, 0) is 62.7 Å². The lowest BCUT2D eigenvalue weighted by Gasteiger charge is -2.36. The lowest BCUT2D eigenvalue weighted by atomic mass is 9.83. The largest absolute Gasteiger partial charge is 0.512 e. The number of methoxy groups -OCH3 is 1. The Morgan fingerprint density at radius 2 is 1.87 bits per heavy atom. The topological polar surface area (TPSA) is 228 Å². The van der Waals surface area contributed by atoms with Crippen LogP contribution < -0.4 is 16.5 Å². The van der Waals surface area contributed by atoms with Gasteiger partial charge < -0.3 is 39.8 Å². The lowest BCUT2D eigenvalue weighted by Crippen LogP contribution is -2.61. The Morgan fingerprint density at radius 1 is 1.10 bits per heavy atom. The quantitative estimate of drug-likeness (QED) is 0.0514. The van der Waals surface area contributed by atoms with Crippen molar-refractivity contribution in [3.05, 3.63) is 118 Å². The first-order valence-corrected chi connectivity index (χ1v) is 29.4. The number of esters is 1. The number of hydrogen-bond donors (Lipinski definition) is 4.